The molecule has 1 saturated carbocycles. The van der Waals surface area contributed by atoms with E-state index in [1.165, 1.54) is 60.7 Å². The molecule has 146 valence electrons. The van der Waals surface area contributed by atoms with E-state index in [1.54, 1.807) is 11.3 Å². The van der Waals surface area contributed by atoms with Crippen LogP contribution in [0.1, 0.15) is 68.2 Å². The Labute approximate surface area is 167 Å². The number of aromatic amines is 1. The van der Waals surface area contributed by atoms with Gasteiger partial charge in [0.25, 0.3) is 5.56 Å². The smallest absolute Gasteiger partial charge is 0.260 e. The van der Waals surface area contributed by atoms with Crippen molar-refractivity contribution in [1.29, 1.82) is 0 Å². The van der Waals surface area contributed by atoms with E-state index in [1.807, 2.05) is 0 Å². The van der Waals surface area contributed by atoms with Crippen LogP contribution in [0.4, 0.5) is 0 Å². The highest BCUT2D eigenvalue weighted by Crippen LogP contribution is 2.34. The summed E-state index contributed by atoms with van der Waals surface area (Å²) in [5.41, 5.74) is 1.15. The number of hydrogen-bond acceptors (Lipinski definition) is 5. The van der Waals surface area contributed by atoms with Crippen LogP contribution in [0.3, 0.4) is 0 Å². The Kier molecular flexibility index (Phi) is 6.18. The lowest BCUT2D eigenvalue weighted by molar-refractivity contribution is -0.119. The van der Waals surface area contributed by atoms with Crippen molar-refractivity contribution in [3.63, 3.8) is 0 Å². The second kappa shape index (κ2) is 8.78. The van der Waals surface area contributed by atoms with Crippen LogP contribution in [-0.2, 0) is 17.6 Å². The molecule has 1 fully saturated rings. The number of thiophene rings is 1. The molecule has 2 aromatic rings. The van der Waals surface area contributed by atoms with Gasteiger partial charge in [-0.15, -0.1) is 11.3 Å². The molecule has 2 N–H and O–H groups in total. The van der Waals surface area contributed by atoms with Gasteiger partial charge in [-0.05, 0) is 44.1 Å². The van der Waals surface area contributed by atoms with Crippen molar-refractivity contribution in [3.8, 4) is 0 Å². The first-order valence-corrected chi connectivity index (χ1v) is 12.0. The third kappa shape index (κ3) is 4.57. The first-order chi connectivity index (χ1) is 13.2. The number of H-pyrrole nitrogens is 1. The molecule has 0 unspecified atom stereocenters. The number of nitrogens with one attached hydrogen (secondary N) is 2. The second-order valence-corrected chi connectivity index (χ2v) is 9.71. The van der Waals surface area contributed by atoms with Gasteiger partial charge in [-0.3, -0.25) is 9.59 Å². The Morgan fingerprint density at radius 3 is 2.67 bits per heavy atom. The van der Waals surface area contributed by atoms with Crippen molar-refractivity contribution in [2.45, 2.75) is 81.8 Å². The van der Waals surface area contributed by atoms with E-state index >= 15 is 0 Å². The molecule has 4 rings (SSSR count). The van der Waals surface area contributed by atoms with Gasteiger partial charge >= 0.3 is 0 Å². The summed E-state index contributed by atoms with van der Waals surface area (Å²) in [6.45, 7) is 0. The lowest BCUT2D eigenvalue weighted by Crippen LogP contribution is -2.36. The van der Waals surface area contributed by atoms with Crippen molar-refractivity contribution in [2.75, 3.05) is 5.75 Å². The number of thioether (sulfide) groups is 1. The number of fused-ring (bicyclic) bond motifs is 3. The molecule has 0 spiro atoms. The molecule has 7 heteroatoms. The average molecular weight is 406 g/mol. The molecule has 0 saturated heterocycles. The zero-order chi connectivity index (χ0) is 18.6. The summed E-state index contributed by atoms with van der Waals surface area (Å²) in [5, 5.41) is 4.50. The van der Waals surface area contributed by atoms with Gasteiger partial charge in [-0.1, -0.05) is 43.9 Å². The highest BCUT2D eigenvalue weighted by molar-refractivity contribution is 7.99. The van der Waals surface area contributed by atoms with Gasteiger partial charge in [-0.25, -0.2) is 4.98 Å². The molecule has 5 nitrogen and oxygen atoms in total. The summed E-state index contributed by atoms with van der Waals surface area (Å²) in [5.74, 6) is 0.342. The zero-order valence-electron chi connectivity index (χ0n) is 15.6. The summed E-state index contributed by atoms with van der Waals surface area (Å²) < 4.78 is 0. The third-order valence-corrected chi connectivity index (χ3v) is 7.67. The Bertz CT molecular complexity index is 866. The van der Waals surface area contributed by atoms with Crippen LogP contribution in [0, 0.1) is 0 Å². The predicted molar refractivity (Wildman–Crippen MR) is 112 cm³/mol. The minimum absolute atomic E-state index is 0.0405. The lowest BCUT2D eigenvalue weighted by Gasteiger charge is -2.20. The van der Waals surface area contributed by atoms with Gasteiger partial charge in [0.05, 0.1) is 11.1 Å². The van der Waals surface area contributed by atoms with Gasteiger partial charge in [0.1, 0.15) is 4.83 Å². The molecule has 0 bridgehead atoms. The topological polar surface area (TPSA) is 74.8 Å². The van der Waals surface area contributed by atoms with E-state index < -0.39 is 0 Å². The lowest BCUT2D eigenvalue weighted by atomic mass is 9.97. The molecule has 2 aromatic heterocycles. The molecule has 27 heavy (non-hydrogen) atoms. The summed E-state index contributed by atoms with van der Waals surface area (Å²) in [4.78, 5) is 34.6. The Hall–Kier alpha value is -1.34. The second-order valence-electron chi connectivity index (χ2n) is 7.66. The van der Waals surface area contributed by atoms with Gasteiger partial charge < -0.3 is 10.3 Å². The van der Waals surface area contributed by atoms with Crippen LogP contribution in [-0.4, -0.2) is 27.7 Å². The van der Waals surface area contributed by atoms with Gasteiger partial charge in [-0.2, -0.15) is 0 Å². The van der Waals surface area contributed by atoms with E-state index in [0.29, 0.717) is 17.0 Å². The highest BCUT2D eigenvalue weighted by Gasteiger charge is 2.20. The zero-order valence-corrected chi connectivity index (χ0v) is 17.3. The molecule has 2 aliphatic rings. The summed E-state index contributed by atoms with van der Waals surface area (Å²) in [6.07, 6.45) is 12.8. The largest absolute Gasteiger partial charge is 0.353 e. The maximum atomic E-state index is 12.6. The fraction of sp³-hybridized carbons (Fsp3) is 0.650. The number of aromatic nitrogens is 2. The Morgan fingerprint density at radius 2 is 1.85 bits per heavy atom. The van der Waals surface area contributed by atoms with Gasteiger partial charge in [0.2, 0.25) is 5.91 Å². The van der Waals surface area contributed by atoms with Crippen molar-refractivity contribution < 1.29 is 4.79 Å². The van der Waals surface area contributed by atoms with E-state index in [9.17, 15) is 9.59 Å². The molecule has 2 heterocycles. The normalized spacial score (nSPS) is 18.7. The van der Waals surface area contributed by atoms with E-state index in [0.717, 1.165) is 42.3 Å². The van der Waals surface area contributed by atoms with Crippen molar-refractivity contribution in [3.05, 3.63) is 20.8 Å². The van der Waals surface area contributed by atoms with Gasteiger partial charge in [0, 0.05) is 10.9 Å². The highest BCUT2D eigenvalue weighted by atomic mass is 32.2. The molecule has 2 aliphatic carbocycles. The molecule has 0 aromatic carbocycles. The van der Waals surface area contributed by atoms with Crippen molar-refractivity contribution in [1.82, 2.24) is 15.3 Å². The maximum absolute atomic E-state index is 12.6. The first kappa shape index (κ1) is 19.0. The Balaban J connectivity index is 1.40. The maximum Gasteiger partial charge on any atom is 0.260 e. The van der Waals surface area contributed by atoms with Crippen LogP contribution in [0.5, 0.6) is 0 Å². The number of rotatable bonds is 4. The van der Waals surface area contributed by atoms with Crippen LogP contribution in [0.15, 0.2) is 9.95 Å². The fourth-order valence-corrected chi connectivity index (χ4v) is 6.21. The quantitative estimate of drug-likeness (QED) is 0.591. The molecular formula is C20H27N3O2S2. The summed E-state index contributed by atoms with van der Waals surface area (Å²) in [7, 11) is 0. The number of amides is 1. The van der Waals surface area contributed by atoms with Crippen LogP contribution < -0.4 is 10.9 Å². The minimum atomic E-state index is -0.0534. The number of carbonyl (C=O) groups excluding carboxylic acids is 1. The fourth-order valence-electron chi connectivity index (χ4n) is 4.22. The number of nitrogens with zero attached hydrogens (tertiary/aromatic N) is 1. The standard InChI is InChI=1S/C20H27N3O2S2/c24-16(21-13-8-4-2-1-3-5-9-13)12-26-20-22-18(25)17-14-10-6-7-11-15(14)27-19(17)23-20/h13H,1-12H2,(H,21,24)(H,22,23,25). The molecule has 1 amide bonds. The van der Waals surface area contributed by atoms with Crippen LogP contribution in [0.2, 0.25) is 0 Å². The number of aryl methyl sites for hydroxylation is 2. The molecular weight excluding hydrogens is 378 g/mol. The average Bonchev–Trinajstić information content (AvgIpc) is 3.01. The van der Waals surface area contributed by atoms with Crippen molar-refractivity contribution in [2.24, 2.45) is 0 Å². The minimum Gasteiger partial charge on any atom is -0.353 e. The van der Waals surface area contributed by atoms with E-state index in [4.69, 9.17) is 0 Å². The monoisotopic (exact) mass is 405 g/mol. The SMILES string of the molecule is O=C(CSc1nc2sc3c(c2c(=O)[nH]1)CCCC3)NC1CCCCCCC1. The Morgan fingerprint density at radius 1 is 1.11 bits per heavy atom. The summed E-state index contributed by atoms with van der Waals surface area (Å²) >= 11 is 2.98. The molecule has 0 radical (unpaired) electrons. The van der Waals surface area contributed by atoms with E-state index in [2.05, 4.69) is 15.3 Å². The van der Waals surface area contributed by atoms with Crippen LogP contribution >= 0.6 is 23.1 Å². The van der Waals surface area contributed by atoms with Gasteiger partial charge in [0.15, 0.2) is 5.16 Å². The number of carbonyl (C=O) groups is 1. The third-order valence-electron chi connectivity index (χ3n) is 5.61. The number of hydrogen-bond donors (Lipinski definition) is 2. The molecule has 0 aliphatic heterocycles. The van der Waals surface area contributed by atoms with E-state index in [-0.39, 0.29) is 11.5 Å². The molecule has 0 atom stereocenters. The first-order valence-electron chi connectivity index (χ1n) is 10.2. The van der Waals surface area contributed by atoms with Crippen molar-refractivity contribution >= 4 is 39.2 Å². The van der Waals surface area contributed by atoms with Crippen LogP contribution in [0.25, 0.3) is 10.2 Å². The summed E-state index contributed by atoms with van der Waals surface area (Å²) in [6, 6.07) is 0.303. The predicted octanol–water partition coefficient (Wildman–Crippen LogP) is 4.18.